The lowest BCUT2D eigenvalue weighted by Gasteiger charge is -2.32. The third-order valence-corrected chi connectivity index (χ3v) is 6.06. The molecule has 1 fully saturated rings. The summed E-state index contributed by atoms with van der Waals surface area (Å²) in [6.07, 6.45) is -0.586. The van der Waals surface area contributed by atoms with Gasteiger partial charge in [-0.15, -0.1) is 0 Å². The molecule has 178 valence electrons. The maximum atomic E-state index is 13.6. The van der Waals surface area contributed by atoms with E-state index in [1.165, 1.54) is 24.5 Å². The Balaban J connectivity index is 1.50. The lowest BCUT2D eigenvalue weighted by molar-refractivity contribution is -0.136. The average Bonchev–Trinajstić information content (AvgIpc) is 2.88. The number of hydrogen-bond donors (Lipinski definition) is 1. The SMILES string of the molecule is N#Cc1ccc(C2CCN(C(=O)c3ccc(C(F)(F)F)c(NC(=O)c4ccncc4)c3)CC2)cc1. The minimum absolute atomic E-state index is 0.0693. The number of nitriles is 1. The fourth-order valence-electron chi connectivity index (χ4n) is 4.15. The number of likely N-dealkylation sites (tertiary alicyclic amines) is 1. The number of nitrogens with zero attached hydrogens (tertiary/aromatic N) is 3. The van der Waals surface area contributed by atoms with E-state index in [0.717, 1.165) is 23.8 Å². The molecule has 2 amide bonds. The molecule has 0 saturated carbocycles. The molecule has 1 aliphatic heterocycles. The molecule has 0 atom stereocenters. The van der Waals surface area contributed by atoms with Crippen LogP contribution in [0, 0.1) is 11.3 Å². The largest absolute Gasteiger partial charge is 0.418 e. The van der Waals surface area contributed by atoms with Crippen molar-refractivity contribution in [1.29, 1.82) is 5.26 Å². The van der Waals surface area contributed by atoms with Crippen molar-refractivity contribution in [3.63, 3.8) is 0 Å². The topological polar surface area (TPSA) is 86.1 Å². The van der Waals surface area contributed by atoms with Crippen LogP contribution in [0.1, 0.15) is 56.2 Å². The molecule has 2 aromatic carbocycles. The van der Waals surface area contributed by atoms with Crippen molar-refractivity contribution in [3.05, 3.63) is 94.8 Å². The Morgan fingerprint density at radius 2 is 1.63 bits per heavy atom. The molecule has 1 saturated heterocycles. The van der Waals surface area contributed by atoms with Gasteiger partial charge in [0.1, 0.15) is 0 Å². The number of nitrogens with one attached hydrogen (secondary N) is 1. The van der Waals surface area contributed by atoms with E-state index >= 15 is 0 Å². The normalized spacial score (nSPS) is 14.3. The Hall–Kier alpha value is -4.19. The Bertz CT molecular complexity index is 1260. The number of carbonyl (C=O) groups is 2. The highest BCUT2D eigenvalue weighted by atomic mass is 19.4. The van der Waals surface area contributed by atoms with Gasteiger partial charge in [0.05, 0.1) is 22.9 Å². The molecular formula is C26H21F3N4O2. The third kappa shape index (κ3) is 5.49. The number of amides is 2. The van der Waals surface area contributed by atoms with Gasteiger partial charge in [0.25, 0.3) is 11.8 Å². The molecule has 9 heteroatoms. The summed E-state index contributed by atoms with van der Waals surface area (Å²) in [4.78, 5) is 30.9. The van der Waals surface area contributed by atoms with Crippen LogP contribution < -0.4 is 5.32 Å². The first-order valence-electron chi connectivity index (χ1n) is 11.0. The molecule has 0 spiro atoms. The highest BCUT2D eigenvalue weighted by molar-refractivity contribution is 6.05. The van der Waals surface area contributed by atoms with Crippen LogP contribution in [0.4, 0.5) is 18.9 Å². The van der Waals surface area contributed by atoms with Gasteiger partial charge >= 0.3 is 6.18 Å². The predicted molar refractivity (Wildman–Crippen MR) is 123 cm³/mol. The monoisotopic (exact) mass is 478 g/mol. The fraction of sp³-hybridized carbons (Fsp3) is 0.231. The number of hydrogen-bond acceptors (Lipinski definition) is 4. The van der Waals surface area contributed by atoms with Gasteiger partial charge in [-0.05, 0) is 66.8 Å². The van der Waals surface area contributed by atoms with Crippen LogP contribution in [0.25, 0.3) is 0 Å². The maximum absolute atomic E-state index is 13.6. The molecule has 4 rings (SSSR count). The summed E-state index contributed by atoms with van der Waals surface area (Å²) in [5.74, 6) is -0.892. The van der Waals surface area contributed by atoms with Gasteiger partial charge in [-0.25, -0.2) is 0 Å². The minimum Gasteiger partial charge on any atom is -0.339 e. The highest BCUT2D eigenvalue weighted by Crippen LogP contribution is 2.36. The molecule has 0 bridgehead atoms. The van der Waals surface area contributed by atoms with E-state index in [-0.39, 0.29) is 17.0 Å². The van der Waals surface area contributed by atoms with Crippen molar-refractivity contribution in [2.45, 2.75) is 24.9 Å². The van der Waals surface area contributed by atoms with Gasteiger partial charge in [-0.2, -0.15) is 18.4 Å². The van der Waals surface area contributed by atoms with Gasteiger partial charge in [-0.1, -0.05) is 12.1 Å². The zero-order valence-corrected chi connectivity index (χ0v) is 18.5. The third-order valence-electron chi connectivity index (χ3n) is 6.06. The van der Waals surface area contributed by atoms with Gasteiger partial charge in [-0.3, -0.25) is 14.6 Å². The summed E-state index contributed by atoms with van der Waals surface area (Å²) in [6, 6.07) is 15.2. The molecule has 1 aliphatic rings. The van der Waals surface area contributed by atoms with E-state index in [2.05, 4.69) is 16.4 Å². The van der Waals surface area contributed by atoms with E-state index in [1.807, 2.05) is 12.1 Å². The Morgan fingerprint density at radius 3 is 2.23 bits per heavy atom. The molecule has 1 N–H and O–H groups in total. The van der Waals surface area contributed by atoms with E-state index in [9.17, 15) is 22.8 Å². The van der Waals surface area contributed by atoms with Crippen molar-refractivity contribution < 1.29 is 22.8 Å². The number of rotatable bonds is 4. The Morgan fingerprint density at radius 1 is 0.971 bits per heavy atom. The predicted octanol–water partition coefficient (Wildman–Crippen LogP) is 5.24. The number of carbonyl (C=O) groups excluding carboxylic acids is 2. The maximum Gasteiger partial charge on any atom is 0.418 e. The van der Waals surface area contributed by atoms with Crippen molar-refractivity contribution in [2.24, 2.45) is 0 Å². The number of pyridine rings is 1. The second kappa shape index (κ2) is 9.97. The Labute approximate surface area is 200 Å². The lowest BCUT2D eigenvalue weighted by atomic mass is 9.89. The zero-order valence-electron chi connectivity index (χ0n) is 18.5. The van der Waals surface area contributed by atoms with Gasteiger partial charge in [0.2, 0.25) is 0 Å². The summed E-state index contributed by atoms with van der Waals surface area (Å²) in [7, 11) is 0. The summed E-state index contributed by atoms with van der Waals surface area (Å²) < 4.78 is 40.7. The van der Waals surface area contributed by atoms with Crippen molar-refractivity contribution in [1.82, 2.24) is 9.88 Å². The smallest absolute Gasteiger partial charge is 0.339 e. The number of halogens is 3. The first-order chi connectivity index (χ1) is 16.8. The molecule has 2 heterocycles. The molecule has 3 aromatic rings. The van der Waals surface area contributed by atoms with Crippen LogP contribution in [0.5, 0.6) is 0 Å². The highest BCUT2D eigenvalue weighted by Gasteiger charge is 2.35. The minimum atomic E-state index is -4.71. The van der Waals surface area contributed by atoms with Crippen LogP contribution >= 0.6 is 0 Å². The number of alkyl halides is 3. The van der Waals surface area contributed by atoms with E-state index in [1.54, 1.807) is 17.0 Å². The molecule has 0 radical (unpaired) electrons. The van der Waals surface area contributed by atoms with Gasteiger partial charge in [0.15, 0.2) is 0 Å². The molecule has 6 nitrogen and oxygen atoms in total. The molecular weight excluding hydrogens is 457 g/mol. The first kappa shape index (κ1) is 24.0. The number of anilines is 1. The summed E-state index contributed by atoms with van der Waals surface area (Å²) >= 11 is 0. The Kier molecular flexibility index (Phi) is 6.82. The molecule has 1 aromatic heterocycles. The lowest BCUT2D eigenvalue weighted by Crippen LogP contribution is -2.38. The summed E-state index contributed by atoms with van der Waals surface area (Å²) in [5, 5.41) is 11.2. The summed E-state index contributed by atoms with van der Waals surface area (Å²) in [6.45, 7) is 0.895. The zero-order chi connectivity index (χ0) is 25.0. The second-order valence-electron chi connectivity index (χ2n) is 8.25. The van der Waals surface area contributed by atoms with E-state index in [0.29, 0.717) is 31.5 Å². The number of piperidine rings is 1. The van der Waals surface area contributed by atoms with Crippen LogP contribution in [0.2, 0.25) is 0 Å². The standard InChI is InChI=1S/C26H21F3N4O2/c27-26(28,29)22-6-5-21(15-23(22)32-24(34)20-7-11-31-12-8-20)25(35)33-13-9-19(10-14-33)18-3-1-17(16-30)2-4-18/h1-8,11-12,15,19H,9-10,13-14H2,(H,32,34). The average molecular weight is 478 g/mol. The van der Waals surface area contributed by atoms with Crippen molar-refractivity contribution in [2.75, 3.05) is 18.4 Å². The van der Waals surface area contributed by atoms with Crippen molar-refractivity contribution in [3.8, 4) is 6.07 Å². The number of aromatic nitrogens is 1. The van der Waals surface area contributed by atoms with Crippen LogP contribution in [-0.2, 0) is 6.18 Å². The van der Waals surface area contributed by atoms with Crippen LogP contribution in [0.15, 0.2) is 67.0 Å². The van der Waals surface area contributed by atoms with Crippen molar-refractivity contribution >= 4 is 17.5 Å². The van der Waals surface area contributed by atoms with E-state index < -0.39 is 29.2 Å². The van der Waals surface area contributed by atoms with Crippen LogP contribution in [0.3, 0.4) is 0 Å². The molecule has 0 aliphatic carbocycles. The quantitative estimate of drug-likeness (QED) is 0.555. The van der Waals surface area contributed by atoms with Gasteiger partial charge in [0, 0.05) is 36.6 Å². The number of benzene rings is 2. The molecule has 0 unspecified atom stereocenters. The first-order valence-corrected chi connectivity index (χ1v) is 11.0. The second-order valence-corrected chi connectivity index (χ2v) is 8.25. The van der Waals surface area contributed by atoms with E-state index in [4.69, 9.17) is 5.26 Å². The molecule has 35 heavy (non-hydrogen) atoms. The van der Waals surface area contributed by atoms with Gasteiger partial charge < -0.3 is 10.2 Å². The summed E-state index contributed by atoms with van der Waals surface area (Å²) in [5.41, 5.74) is 0.380. The van der Waals surface area contributed by atoms with Crippen LogP contribution in [-0.4, -0.2) is 34.8 Å². The fourth-order valence-corrected chi connectivity index (χ4v) is 4.15.